The van der Waals surface area contributed by atoms with Gasteiger partial charge in [-0.05, 0) is 73.0 Å². The molecule has 2 N–H and O–H groups in total. The lowest BCUT2D eigenvalue weighted by molar-refractivity contribution is -0.130. The van der Waals surface area contributed by atoms with Crippen molar-refractivity contribution in [3.8, 4) is 5.75 Å². The average molecular weight is 473 g/mol. The number of ether oxygens (including phenoxy) is 1. The van der Waals surface area contributed by atoms with Crippen molar-refractivity contribution in [3.05, 3.63) is 83.4 Å². The highest BCUT2D eigenvalue weighted by Crippen LogP contribution is 2.22. The monoisotopic (exact) mass is 472 g/mol. The molecule has 1 aliphatic rings. The topological polar surface area (TPSA) is 73.9 Å². The van der Waals surface area contributed by atoms with Crippen LogP contribution in [0.3, 0.4) is 0 Å². The first-order chi connectivity index (χ1) is 16.9. The molecule has 1 heterocycles. The minimum absolute atomic E-state index is 0.143. The number of urea groups is 1. The number of rotatable bonds is 6. The quantitative estimate of drug-likeness (QED) is 0.538. The van der Waals surface area contributed by atoms with Crippen LogP contribution in [0.1, 0.15) is 16.7 Å². The molecule has 0 spiro atoms. The van der Waals surface area contributed by atoms with E-state index in [-0.39, 0.29) is 11.9 Å². The third-order valence-corrected chi connectivity index (χ3v) is 6.49. The van der Waals surface area contributed by atoms with E-state index in [1.165, 1.54) is 0 Å². The van der Waals surface area contributed by atoms with Gasteiger partial charge in [-0.3, -0.25) is 4.79 Å². The van der Waals surface area contributed by atoms with Crippen LogP contribution in [0.4, 0.5) is 21.9 Å². The van der Waals surface area contributed by atoms with Crippen molar-refractivity contribution in [2.24, 2.45) is 0 Å². The van der Waals surface area contributed by atoms with E-state index in [1.54, 1.807) is 7.11 Å². The van der Waals surface area contributed by atoms with E-state index in [0.717, 1.165) is 52.6 Å². The summed E-state index contributed by atoms with van der Waals surface area (Å²) in [5.74, 6) is 0.933. The molecule has 1 aliphatic heterocycles. The Labute approximate surface area is 206 Å². The Morgan fingerprint density at radius 2 is 1.54 bits per heavy atom. The summed E-state index contributed by atoms with van der Waals surface area (Å²) in [7, 11) is 1.63. The van der Waals surface area contributed by atoms with E-state index in [1.807, 2.05) is 85.5 Å². The molecule has 7 nitrogen and oxygen atoms in total. The third-order valence-electron chi connectivity index (χ3n) is 6.49. The summed E-state index contributed by atoms with van der Waals surface area (Å²) < 4.78 is 5.18. The van der Waals surface area contributed by atoms with Gasteiger partial charge < -0.3 is 25.2 Å². The number of aryl methyl sites for hydroxylation is 1. The number of anilines is 3. The molecule has 0 atom stereocenters. The van der Waals surface area contributed by atoms with E-state index in [4.69, 9.17) is 4.74 Å². The Hall–Kier alpha value is -4.00. The van der Waals surface area contributed by atoms with Gasteiger partial charge in [-0.1, -0.05) is 24.3 Å². The van der Waals surface area contributed by atoms with Gasteiger partial charge in [-0.2, -0.15) is 0 Å². The largest absolute Gasteiger partial charge is 0.497 e. The first kappa shape index (κ1) is 24.1. The van der Waals surface area contributed by atoms with Gasteiger partial charge in [0.15, 0.2) is 0 Å². The number of amides is 3. The Bertz CT molecular complexity index is 1170. The maximum atomic E-state index is 12.7. The molecule has 3 amide bonds. The Morgan fingerprint density at radius 1 is 0.857 bits per heavy atom. The van der Waals surface area contributed by atoms with E-state index in [2.05, 4.69) is 15.5 Å². The van der Waals surface area contributed by atoms with Crippen molar-refractivity contribution >= 4 is 29.0 Å². The van der Waals surface area contributed by atoms with Crippen LogP contribution in [-0.4, -0.2) is 50.1 Å². The Morgan fingerprint density at radius 3 is 2.20 bits per heavy atom. The predicted molar refractivity (Wildman–Crippen MR) is 140 cm³/mol. The minimum Gasteiger partial charge on any atom is -0.497 e. The SMILES string of the molecule is COc1ccc(CC(=O)N2CCN(c3ccc(NC(=O)Nc4cccc(C)c4C)cc3)CC2)cc1. The molecular weight excluding hydrogens is 440 g/mol. The van der Waals surface area contributed by atoms with Gasteiger partial charge in [-0.25, -0.2) is 4.79 Å². The molecule has 0 radical (unpaired) electrons. The normalized spacial score (nSPS) is 13.3. The summed E-state index contributed by atoms with van der Waals surface area (Å²) >= 11 is 0. The van der Waals surface area contributed by atoms with E-state index in [0.29, 0.717) is 19.5 Å². The van der Waals surface area contributed by atoms with Gasteiger partial charge in [0.05, 0.1) is 13.5 Å². The highest BCUT2D eigenvalue weighted by Gasteiger charge is 2.21. The molecule has 1 fully saturated rings. The van der Waals surface area contributed by atoms with Crippen LogP contribution in [0.5, 0.6) is 5.75 Å². The number of benzene rings is 3. The van der Waals surface area contributed by atoms with Crippen LogP contribution < -0.4 is 20.3 Å². The number of methoxy groups -OCH3 is 1. The van der Waals surface area contributed by atoms with Crippen molar-refractivity contribution in [1.29, 1.82) is 0 Å². The summed E-state index contributed by atoms with van der Waals surface area (Å²) in [5, 5.41) is 5.80. The molecule has 0 aliphatic carbocycles. The average Bonchev–Trinajstić information content (AvgIpc) is 2.88. The Kier molecular flexibility index (Phi) is 7.55. The molecule has 4 rings (SSSR count). The molecule has 0 bridgehead atoms. The number of hydrogen-bond acceptors (Lipinski definition) is 4. The van der Waals surface area contributed by atoms with Gasteiger partial charge in [0.2, 0.25) is 5.91 Å². The van der Waals surface area contributed by atoms with Crippen molar-refractivity contribution in [2.45, 2.75) is 20.3 Å². The second-order valence-electron chi connectivity index (χ2n) is 8.77. The van der Waals surface area contributed by atoms with E-state index >= 15 is 0 Å². The molecular formula is C28H32N4O3. The standard InChI is InChI=1S/C28H32N4O3/c1-20-5-4-6-26(21(20)2)30-28(34)29-23-9-11-24(12-10-23)31-15-17-32(18-16-31)27(33)19-22-7-13-25(35-3)14-8-22/h4-14H,15-19H2,1-3H3,(H2,29,30,34). The van der Waals surface area contributed by atoms with Crippen LogP contribution in [0, 0.1) is 13.8 Å². The van der Waals surface area contributed by atoms with Crippen LogP contribution in [0.25, 0.3) is 0 Å². The maximum absolute atomic E-state index is 12.7. The number of piperazine rings is 1. The number of hydrogen-bond donors (Lipinski definition) is 2. The fourth-order valence-corrected chi connectivity index (χ4v) is 4.17. The molecule has 7 heteroatoms. The fraction of sp³-hybridized carbons (Fsp3) is 0.286. The number of nitrogens with zero attached hydrogens (tertiary/aromatic N) is 2. The third kappa shape index (κ3) is 6.12. The summed E-state index contributed by atoms with van der Waals surface area (Å²) in [4.78, 5) is 29.3. The van der Waals surface area contributed by atoms with Crippen molar-refractivity contribution in [3.63, 3.8) is 0 Å². The minimum atomic E-state index is -0.268. The lowest BCUT2D eigenvalue weighted by atomic mass is 10.1. The fourth-order valence-electron chi connectivity index (χ4n) is 4.17. The highest BCUT2D eigenvalue weighted by molar-refractivity contribution is 6.00. The molecule has 0 aromatic heterocycles. The molecule has 182 valence electrons. The van der Waals surface area contributed by atoms with Gasteiger partial charge in [0.1, 0.15) is 5.75 Å². The lowest BCUT2D eigenvalue weighted by Crippen LogP contribution is -2.49. The van der Waals surface area contributed by atoms with Crippen molar-refractivity contribution < 1.29 is 14.3 Å². The summed E-state index contributed by atoms with van der Waals surface area (Å²) in [6, 6.07) is 21.0. The molecule has 1 saturated heterocycles. The zero-order chi connectivity index (χ0) is 24.8. The Balaban J connectivity index is 1.26. The number of nitrogens with one attached hydrogen (secondary N) is 2. The number of carbonyl (C=O) groups is 2. The van der Waals surface area contributed by atoms with Gasteiger partial charge in [-0.15, -0.1) is 0 Å². The summed E-state index contributed by atoms with van der Waals surface area (Å²) in [5.41, 5.74) is 5.79. The summed E-state index contributed by atoms with van der Waals surface area (Å²) in [6.07, 6.45) is 0.397. The first-order valence-corrected chi connectivity index (χ1v) is 11.8. The van der Waals surface area contributed by atoms with Gasteiger partial charge >= 0.3 is 6.03 Å². The van der Waals surface area contributed by atoms with E-state index in [9.17, 15) is 9.59 Å². The molecule has 35 heavy (non-hydrogen) atoms. The van der Waals surface area contributed by atoms with Gasteiger partial charge in [0.25, 0.3) is 0 Å². The van der Waals surface area contributed by atoms with Crippen LogP contribution in [0.15, 0.2) is 66.7 Å². The van der Waals surface area contributed by atoms with Crippen LogP contribution in [0.2, 0.25) is 0 Å². The second kappa shape index (κ2) is 11.0. The zero-order valence-corrected chi connectivity index (χ0v) is 20.5. The van der Waals surface area contributed by atoms with Crippen molar-refractivity contribution in [2.75, 3.05) is 48.8 Å². The molecule has 0 saturated carbocycles. The summed E-state index contributed by atoms with van der Waals surface area (Å²) in [6.45, 7) is 6.93. The van der Waals surface area contributed by atoms with Crippen LogP contribution in [-0.2, 0) is 11.2 Å². The van der Waals surface area contributed by atoms with Crippen LogP contribution >= 0.6 is 0 Å². The second-order valence-corrected chi connectivity index (χ2v) is 8.77. The predicted octanol–water partition coefficient (Wildman–Crippen LogP) is 4.85. The van der Waals surface area contributed by atoms with Gasteiger partial charge in [0, 0.05) is 43.2 Å². The lowest BCUT2D eigenvalue weighted by Gasteiger charge is -2.36. The molecule has 3 aromatic rings. The first-order valence-electron chi connectivity index (χ1n) is 11.8. The maximum Gasteiger partial charge on any atom is 0.323 e. The molecule has 0 unspecified atom stereocenters. The van der Waals surface area contributed by atoms with Crippen molar-refractivity contribution in [1.82, 2.24) is 4.90 Å². The smallest absolute Gasteiger partial charge is 0.323 e. The van der Waals surface area contributed by atoms with E-state index < -0.39 is 0 Å². The molecule has 3 aromatic carbocycles. The highest BCUT2D eigenvalue weighted by atomic mass is 16.5. The zero-order valence-electron chi connectivity index (χ0n) is 20.5. The number of carbonyl (C=O) groups excluding carboxylic acids is 2.